The van der Waals surface area contributed by atoms with Crippen LogP contribution in [0, 0.1) is 0 Å². The molecular formula is C7H12N2OS. The van der Waals surface area contributed by atoms with Gasteiger partial charge in [-0.1, -0.05) is 0 Å². The average molecular weight is 172 g/mol. The van der Waals surface area contributed by atoms with E-state index in [4.69, 9.17) is 0 Å². The van der Waals surface area contributed by atoms with Gasteiger partial charge in [-0.05, 0) is 6.42 Å². The number of aliphatic imine (C=N–C) groups is 1. The summed E-state index contributed by atoms with van der Waals surface area (Å²) < 4.78 is 2.40. The molecule has 2 heterocycles. The average Bonchev–Trinajstić information content (AvgIpc) is 2.32. The fourth-order valence-electron chi connectivity index (χ4n) is 1.38. The number of carbonyl (C=O) groups is 1. The molecule has 0 aromatic carbocycles. The van der Waals surface area contributed by atoms with Crippen LogP contribution in [0.5, 0.6) is 0 Å². The summed E-state index contributed by atoms with van der Waals surface area (Å²) in [5.74, 6) is 1.11. The minimum absolute atomic E-state index is 0.268. The lowest BCUT2D eigenvalue weighted by atomic mass is 10.3. The van der Waals surface area contributed by atoms with Crippen molar-refractivity contribution in [3.05, 3.63) is 0 Å². The molecule has 3 nitrogen and oxygen atoms in total. The summed E-state index contributed by atoms with van der Waals surface area (Å²) in [6, 6.07) is 0. The molecule has 0 spiro atoms. The number of rotatable bonds is 2. The Morgan fingerprint density at radius 1 is 1.55 bits per heavy atom. The van der Waals surface area contributed by atoms with Crippen LogP contribution >= 0.6 is 11.1 Å². The van der Waals surface area contributed by atoms with Crippen LogP contribution in [0.15, 0.2) is 4.99 Å². The van der Waals surface area contributed by atoms with Gasteiger partial charge in [0, 0.05) is 25.4 Å². The Balaban J connectivity index is 2.02. The van der Waals surface area contributed by atoms with E-state index in [-0.39, 0.29) is 11.1 Å². The molecule has 11 heavy (non-hydrogen) atoms. The maximum absolute atomic E-state index is 10.5. The minimum Gasteiger partial charge on any atom is -0.296 e. The molecule has 0 aromatic heterocycles. The van der Waals surface area contributed by atoms with E-state index >= 15 is 0 Å². The normalized spacial score (nSPS) is 34.5. The van der Waals surface area contributed by atoms with Gasteiger partial charge < -0.3 is 0 Å². The Hall–Kier alpha value is -0.350. The number of nitrogens with zero attached hydrogens (tertiary/aromatic N) is 2. The molecule has 0 aliphatic carbocycles. The van der Waals surface area contributed by atoms with Gasteiger partial charge in [-0.15, -0.1) is 0 Å². The monoisotopic (exact) mass is 172 g/mol. The lowest BCUT2D eigenvalue weighted by Crippen LogP contribution is -2.36. The molecule has 0 saturated carbocycles. The molecular weight excluding hydrogens is 160 g/mol. The van der Waals surface area contributed by atoms with Gasteiger partial charge in [0.15, 0.2) is 6.29 Å². The van der Waals surface area contributed by atoms with E-state index < -0.39 is 0 Å². The zero-order chi connectivity index (χ0) is 7.68. The zero-order valence-electron chi connectivity index (χ0n) is 6.36. The topological polar surface area (TPSA) is 32.7 Å². The first-order valence-corrected chi connectivity index (χ1v) is 5.42. The van der Waals surface area contributed by atoms with E-state index in [1.807, 2.05) is 0 Å². The van der Waals surface area contributed by atoms with Crippen LogP contribution in [0.25, 0.3) is 0 Å². The van der Waals surface area contributed by atoms with E-state index in [1.165, 1.54) is 19.5 Å². The zero-order valence-corrected chi connectivity index (χ0v) is 7.26. The highest BCUT2D eigenvalue weighted by Gasteiger charge is 2.26. The molecule has 4 heteroatoms. The smallest absolute Gasteiger partial charge is 0.173 e. The highest BCUT2D eigenvalue weighted by molar-refractivity contribution is 8.29. The van der Waals surface area contributed by atoms with Crippen LogP contribution in [0.1, 0.15) is 6.42 Å². The molecule has 62 valence electrons. The highest BCUT2D eigenvalue weighted by atomic mass is 32.2. The Morgan fingerprint density at radius 3 is 2.91 bits per heavy atom. The van der Waals surface area contributed by atoms with Crippen molar-refractivity contribution in [2.45, 2.75) is 6.42 Å². The predicted molar refractivity (Wildman–Crippen MR) is 48.4 cm³/mol. The van der Waals surface area contributed by atoms with Crippen LogP contribution < -0.4 is 0 Å². The summed E-state index contributed by atoms with van der Waals surface area (Å²) >= 11 is -0.268. The molecule has 0 amide bonds. The molecule has 0 radical (unpaired) electrons. The summed E-state index contributed by atoms with van der Waals surface area (Å²) in [6.07, 6.45) is 2.24. The third-order valence-electron chi connectivity index (χ3n) is 2.13. The first-order valence-electron chi connectivity index (χ1n) is 3.94. The Labute approximate surface area is 69.0 Å². The second kappa shape index (κ2) is 2.95. The molecule has 1 saturated heterocycles. The van der Waals surface area contributed by atoms with Crippen molar-refractivity contribution in [3.8, 4) is 0 Å². The molecule has 0 N–H and O–H groups in total. The highest BCUT2D eigenvalue weighted by Crippen LogP contribution is 2.38. The molecule has 0 bridgehead atoms. The van der Waals surface area contributed by atoms with Crippen LogP contribution in [-0.4, -0.2) is 41.0 Å². The number of hydrogen-bond acceptors (Lipinski definition) is 3. The summed E-state index contributed by atoms with van der Waals surface area (Å²) in [4.78, 5) is 14.7. The van der Waals surface area contributed by atoms with E-state index in [0.29, 0.717) is 0 Å². The van der Waals surface area contributed by atoms with Crippen molar-refractivity contribution in [2.24, 2.45) is 4.99 Å². The maximum Gasteiger partial charge on any atom is 0.173 e. The van der Waals surface area contributed by atoms with Gasteiger partial charge in [-0.2, -0.15) is 11.1 Å². The van der Waals surface area contributed by atoms with Crippen LogP contribution in [0.3, 0.4) is 0 Å². The summed E-state index contributed by atoms with van der Waals surface area (Å²) in [5, 5.41) is 0.833. The summed E-state index contributed by atoms with van der Waals surface area (Å²) in [6.45, 7) is 3.23. The van der Waals surface area contributed by atoms with Crippen molar-refractivity contribution in [3.63, 3.8) is 0 Å². The van der Waals surface area contributed by atoms with Crippen LogP contribution in [-0.2, 0) is 4.79 Å². The van der Waals surface area contributed by atoms with E-state index in [0.717, 1.165) is 23.6 Å². The van der Waals surface area contributed by atoms with E-state index in [1.54, 1.807) is 0 Å². The van der Waals surface area contributed by atoms with E-state index in [9.17, 15) is 4.79 Å². The van der Waals surface area contributed by atoms with Crippen LogP contribution in [0.2, 0.25) is 0 Å². The van der Waals surface area contributed by atoms with Gasteiger partial charge in [0.25, 0.3) is 0 Å². The van der Waals surface area contributed by atoms with Crippen LogP contribution in [0.4, 0.5) is 0 Å². The first kappa shape index (κ1) is 7.31. The predicted octanol–water partition coefficient (Wildman–Crippen LogP) is 0.219. The fraction of sp³-hybridized carbons (Fsp3) is 0.714. The largest absolute Gasteiger partial charge is 0.296 e. The summed E-state index contributed by atoms with van der Waals surface area (Å²) in [7, 11) is 0. The van der Waals surface area contributed by atoms with Gasteiger partial charge in [-0.25, -0.2) is 0 Å². The van der Waals surface area contributed by atoms with Crippen molar-refractivity contribution in [2.75, 3.05) is 25.4 Å². The second-order valence-electron chi connectivity index (χ2n) is 2.79. The molecule has 2 aliphatic heterocycles. The quantitative estimate of drug-likeness (QED) is 0.477. The molecule has 2 aliphatic rings. The van der Waals surface area contributed by atoms with Gasteiger partial charge in [0.2, 0.25) is 0 Å². The lowest BCUT2D eigenvalue weighted by Gasteiger charge is -2.38. The maximum atomic E-state index is 10.5. The molecule has 1 unspecified atom stereocenters. The standard InChI is InChI=1S/C7H12N2OS/c10-6-7-8-2-5-11(7)9-3-1-4-9/h6,11H,1-5H2. The van der Waals surface area contributed by atoms with Crippen molar-refractivity contribution in [1.29, 1.82) is 0 Å². The molecule has 2 rings (SSSR count). The fourth-order valence-corrected chi connectivity index (χ4v) is 3.62. The summed E-state index contributed by atoms with van der Waals surface area (Å²) in [5.41, 5.74) is 0. The third kappa shape index (κ3) is 1.20. The van der Waals surface area contributed by atoms with Gasteiger partial charge in [0.1, 0.15) is 5.04 Å². The van der Waals surface area contributed by atoms with Crippen molar-refractivity contribution < 1.29 is 4.79 Å². The number of carbonyl (C=O) groups excluding carboxylic acids is 1. The lowest BCUT2D eigenvalue weighted by molar-refractivity contribution is -0.102. The molecule has 1 atom stereocenters. The third-order valence-corrected chi connectivity index (χ3v) is 4.61. The molecule has 0 aromatic rings. The van der Waals surface area contributed by atoms with Gasteiger partial charge >= 0.3 is 0 Å². The van der Waals surface area contributed by atoms with Gasteiger partial charge in [-0.3, -0.25) is 14.1 Å². The van der Waals surface area contributed by atoms with Crippen molar-refractivity contribution >= 4 is 22.4 Å². The van der Waals surface area contributed by atoms with Gasteiger partial charge in [0.05, 0.1) is 0 Å². The number of thiol groups is 1. The Kier molecular flexibility index (Phi) is 1.96. The minimum atomic E-state index is -0.268. The second-order valence-corrected chi connectivity index (χ2v) is 5.06. The number of aldehydes is 1. The SMILES string of the molecule is O=CC1=NCC[SH]1N1CCC1. The van der Waals surface area contributed by atoms with E-state index in [2.05, 4.69) is 9.30 Å². The van der Waals surface area contributed by atoms with Crippen molar-refractivity contribution in [1.82, 2.24) is 4.31 Å². The first-order chi connectivity index (χ1) is 5.42. The number of hydrogen-bond donors (Lipinski definition) is 1. The Bertz CT molecular complexity index is 201. The molecule has 1 fully saturated rings. The Morgan fingerprint density at radius 2 is 2.36 bits per heavy atom.